The van der Waals surface area contributed by atoms with Gasteiger partial charge in [-0.3, -0.25) is 0 Å². The molecule has 0 spiro atoms. The van der Waals surface area contributed by atoms with Crippen LogP contribution in [-0.4, -0.2) is 0 Å². The molecule has 0 bridgehead atoms. The SMILES string of the molecule is C=C/C(=C\C)C1=CC(c2ccccc2)=CCC=C1. The fraction of sp³-hybridized carbons (Fsp3) is 0.111. The van der Waals surface area contributed by atoms with Crippen LogP contribution >= 0.6 is 0 Å². The van der Waals surface area contributed by atoms with E-state index in [0.29, 0.717) is 0 Å². The minimum absolute atomic E-state index is 0.971. The van der Waals surface area contributed by atoms with Gasteiger partial charge in [0, 0.05) is 0 Å². The highest BCUT2D eigenvalue weighted by Crippen LogP contribution is 2.25. The predicted molar refractivity (Wildman–Crippen MR) is 80.2 cm³/mol. The molecule has 2 rings (SSSR count). The van der Waals surface area contributed by atoms with Crippen molar-refractivity contribution < 1.29 is 0 Å². The van der Waals surface area contributed by atoms with E-state index in [1.807, 2.05) is 19.1 Å². The molecule has 0 unspecified atom stereocenters. The monoisotopic (exact) mass is 234 g/mol. The van der Waals surface area contributed by atoms with Crippen molar-refractivity contribution in [1.29, 1.82) is 0 Å². The minimum Gasteiger partial charge on any atom is -0.0985 e. The number of hydrogen-bond acceptors (Lipinski definition) is 0. The normalized spacial score (nSPS) is 15.7. The van der Waals surface area contributed by atoms with Crippen molar-refractivity contribution in [3.8, 4) is 0 Å². The van der Waals surface area contributed by atoms with Crippen molar-refractivity contribution in [1.82, 2.24) is 0 Å². The van der Waals surface area contributed by atoms with Crippen LogP contribution in [-0.2, 0) is 0 Å². The van der Waals surface area contributed by atoms with Crippen molar-refractivity contribution in [2.75, 3.05) is 0 Å². The van der Waals surface area contributed by atoms with Crippen LogP contribution in [0.25, 0.3) is 5.57 Å². The molecule has 18 heavy (non-hydrogen) atoms. The Morgan fingerprint density at radius 3 is 2.67 bits per heavy atom. The number of benzene rings is 1. The Kier molecular flexibility index (Phi) is 4.14. The summed E-state index contributed by atoms with van der Waals surface area (Å²) in [5.41, 5.74) is 4.94. The summed E-state index contributed by atoms with van der Waals surface area (Å²) in [5, 5.41) is 0. The van der Waals surface area contributed by atoms with E-state index in [1.165, 1.54) is 22.3 Å². The topological polar surface area (TPSA) is 0 Å². The van der Waals surface area contributed by atoms with Crippen LogP contribution in [0.3, 0.4) is 0 Å². The van der Waals surface area contributed by atoms with Crippen molar-refractivity contribution in [2.24, 2.45) is 0 Å². The molecule has 0 aliphatic heterocycles. The average Bonchev–Trinajstić information content (AvgIpc) is 2.67. The first-order chi connectivity index (χ1) is 8.85. The summed E-state index contributed by atoms with van der Waals surface area (Å²) in [6, 6.07) is 10.5. The van der Waals surface area contributed by atoms with E-state index < -0.39 is 0 Å². The largest absolute Gasteiger partial charge is 0.0985 e. The van der Waals surface area contributed by atoms with Gasteiger partial charge in [-0.15, -0.1) is 0 Å². The molecule has 0 heteroatoms. The first-order valence-electron chi connectivity index (χ1n) is 6.28. The summed E-state index contributed by atoms with van der Waals surface area (Å²) in [4.78, 5) is 0. The Hall–Kier alpha value is -2.08. The third kappa shape index (κ3) is 2.78. The first kappa shape index (κ1) is 12.4. The molecule has 1 aliphatic carbocycles. The molecule has 0 saturated heterocycles. The highest BCUT2D eigenvalue weighted by atomic mass is 14.1. The van der Waals surface area contributed by atoms with Gasteiger partial charge in [0.05, 0.1) is 0 Å². The molecule has 1 aromatic carbocycles. The molecule has 0 fully saturated rings. The van der Waals surface area contributed by atoms with Gasteiger partial charge in [0.1, 0.15) is 0 Å². The lowest BCUT2D eigenvalue weighted by Gasteiger charge is -2.05. The van der Waals surface area contributed by atoms with E-state index in [4.69, 9.17) is 0 Å². The highest BCUT2D eigenvalue weighted by Gasteiger charge is 2.04. The Morgan fingerprint density at radius 2 is 2.00 bits per heavy atom. The second-order valence-electron chi connectivity index (χ2n) is 4.21. The quantitative estimate of drug-likeness (QED) is 0.639. The van der Waals surface area contributed by atoms with Gasteiger partial charge >= 0.3 is 0 Å². The molecule has 0 amide bonds. The van der Waals surface area contributed by atoms with E-state index in [-0.39, 0.29) is 0 Å². The number of allylic oxidation sites excluding steroid dienone is 9. The van der Waals surface area contributed by atoms with Crippen LogP contribution in [0.5, 0.6) is 0 Å². The lowest BCUT2D eigenvalue weighted by Crippen LogP contribution is -1.85. The van der Waals surface area contributed by atoms with Crippen LogP contribution in [0.4, 0.5) is 0 Å². The van der Waals surface area contributed by atoms with E-state index in [9.17, 15) is 0 Å². The molecule has 0 N–H and O–H groups in total. The van der Waals surface area contributed by atoms with Crippen molar-refractivity contribution in [3.05, 3.63) is 90.1 Å². The Labute approximate surface area is 109 Å². The molecule has 0 atom stereocenters. The Bertz CT molecular complexity index is 537. The van der Waals surface area contributed by atoms with Gasteiger partial charge in [-0.05, 0) is 41.7 Å². The van der Waals surface area contributed by atoms with Crippen LogP contribution in [0.2, 0.25) is 0 Å². The maximum atomic E-state index is 3.87. The molecule has 0 nitrogen and oxygen atoms in total. The standard InChI is InChI=1S/C18H18/c1-3-15(4-2)17-12-8-9-13-18(14-17)16-10-6-5-7-11-16/h3-8,10-14H,1,9H2,2H3/b15-4+. The van der Waals surface area contributed by atoms with Gasteiger partial charge in [-0.1, -0.05) is 67.3 Å². The second kappa shape index (κ2) is 6.02. The smallest absolute Gasteiger partial charge is 0.0157 e. The molecular weight excluding hydrogens is 216 g/mol. The molecule has 0 radical (unpaired) electrons. The van der Waals surface area contributed by atoms with Gasteiger partial charge in [0.15, 0.2) is 0 Å². The second-order valence-corrected chi connectivity index (χ2v) is 4.21. The minimum atomic E-state index is 0.971. The maximum absolute atomic E-state index is 3.87. The van der Waals surface area contributed by atoms with Crippen LogP contribution in [0.15, 0.2) is 84.5 Å². The van der Waals surface area contributed by atoms with E-state index >= 15 is 0 Å². The predicted octanol–water partition coefficient (Wildman–Crippen LogP) is 5.09. The van der Waals surface area contributed by atoms with Crippen LogP contribution in [0, 0.1) is 0 Å². The van der Waals surface area contributed by atoms with Crippen molar-refractivity contribution in [3.63, 3.8) is 0 Å². The third-order valence-corrected chi connectivity index (χ3v) is 3.05. The van der Waals surface area contributed by atoms with E-state index in [2.05, 4.69) is 61.2 Å². The lowest BCUT2D eigenvalue weighted by molar-refractivity contribution is 1.40. The summed E-state index contributed by atoms with van der Waals surface area (Å²) < 4.78 is 0. The maximum Gasteiger partial charge on any atom is -0.0157 e. The molecular formula is C18H18. The molecule has 0 aromatic heterocycles. The molecule has 1 aromatic rings. The van der Waals surface area contributed by atoms with E-state index in [1.54, 1.807) is 0 Å². The average molecular weight is 234 g/mol. The summed E-state index contributed by atoms with van der Waals surface area (Å²) in [6.45, 7) is 5.92. The van der Waals surface area contributed by atoms with Crippen molar-refractivity contribution in [2.45, 2.75) is 13.3 Å². The molecule has 90 valence electrons. The summed E-state index contributed by atoms with van der Waals surface area (Å²) >= 11 is 0. The van der Waals surface area contributed by atoms with Crippen LogP contribution in [0.1, 0.15) is 18.9 Å². The molecule has 1 aliphatic rings. The first-order valence-corrected chi connectivity index (χ1v) is 6.28. The number of rotatable bonds is 3. The van der Waals surface area contributed by atoms with Gasteiger partial charge in [-0.25, -0.2) is 0 Å². The zero-order valence-electron chi connectivity index (χ0n) is 10.8. The van der Waals surface area contributed by atoms with E-state index in [0.717, 1.165) is 6.42 Å². The summed E-state index contributed by atoms with van der Waals surface area (Å²) in [6.07, 6.45) is 13.8. The van der Waals surface area contributed by atoms with Gasteiger partial charge in [0.25, 0.3) is 0 Å². The summed E-state index contributed by atoms with van der Waals surface area (Å²) in [7, 11) is 0. The fourth-order valence-electron chi connectivity index (χ4n) is 2.08. The zero-order valence-corrected chi connectivity index (χ0v) is 10.8. The third-order valence-electron chi connectivity index (χ3n) is 3.05. The highest BCUT2D eigenvalue weighted by molar-refractivity contribution is 5.77. The fourth-order valence-corrected chi connectivity index (χ4v) is 2.08. The Balaban J connectivity index is 2.41. The Morgan fingerprint density at radius 1 is 1.22 bits per heavy atom. The number of hydrogen-bond donors (Lipinski definition) is 0. The molecule has 0 heterocycles. The summed E-state index contributed by atoms with van der Waals surface area (Å²) in [5.74, 6) is 0. The van der Waals surface area contributed by atoms with Crippen molar-refractivity contribution >= 4 is 5.57 Å². The molecule has 0 saturated carbocycles. The van der Waals surface area contributed by atoms with Gasteiger partial charge in [0.2, 0.25) is 0 Å². The zero-order chi connectivity index (χ0) is 12.8. The van der Waals surface area contributed by atoms with Gasteiger partial charge < -0.3 is 0 Å². The van der Waals surface area contributed by atoms with Crippen LogP contribution < -0.4 is 0 Å². The van der Waals surface area contributed by atoms with Gasteiger partial charge in [-0.2, -0.15) is 0 Å². The lowest BCUT2D eigenvalue weighted by atomic mass is 9.99.